The van der Waals surface area contributed by atoms with Gasteiger partial charge in [-0.3, -0.25) is 13.9 Å². The van der Waals surface area contributed by atoms with Crippen molar-refractivity contribution in [3.05, 3.63) is 130 Å². The Hall–Kier alpha value is -5.20. The Balaban J connectivity index is 1.37. The lowest BCUT2D eigenvalue weighted by Crippen LogP contribution is -2.31. The molecule has 0 saturated heterocycles. The van der Waals surface area contributed by atoms with E-state index in [0.717, 1.165) is 16.3 Å². The van der Waals surface area contributed by atoms with Crippen LogP contribution in [0.25, 0.3) is 21.2 Å². The van der Waals surface area contributed by atoms with Crippen LogP contribution in [0.15, 0.2) is 123 Å². The average molecular weight is 627 g/mol. The summed E-state index contributed by atoms with van der Waals surface area (Å²) in [5.74, 6) is -1.11. The van der Waals surface area contributed by atoms with Crippen LogP contribution in [0.2, 0.25) is 0 Å². The highest BCUT2D eigenvalue weighted by Gasteiger charge is 2.26. The third kappa shape index (κ3) is 5.48. The molecule has 12 heteroatoms. The summed E-state index contributed by atoms with van der Waals surface area (Å²) >= 11 is 1.03. The van der Waals surface area contributed by atoms with Crippen molar-refractivity contribution in [1.82, 2.24) is 4.98 Å². The number of carbonyl (C=O) groups excluding carboxylic acids is 1. The Morgan fingerprint density at radius 2 is 1.73 bits per heavy atom. The van der Waals surface area contributed by atoms with E-state index >= 15 is 0 Å². The molecular weight excluding hydrogens is 604 g/mol. The summed E-state index contributed by atoms with van der Waals surface area (Å²) in [6.45, 7) is 1.94. The van der Waals surface area contributed by atoms with Crippen LogP contribution in [0.4, 0.5) is 15.2 Å². The number of benzene rings is 4. The molecule has 0 aliphatic rings. The number of hydrogen-bond acceptors (Lipinski definition) is 8. The van der Waals surface area contributed by atoms with E-state index in [0.29, 0.717) is 26.9 Å². The molecule has 0 radical (unpaired) electrons. The highest BCUT2D eigenvalue weighted by atomic mass is 32.2. The van der Waals surface area contributed by atoms with E-state index in [1.165, 1.54) is 59.2 Å². The number of rotatable bonds is 8. The summed E-state index contributed by atoms with van der Waals surface area (Å²) in [6.07, 6.45) is 2.44. The van der Waals surface area contributed by atoms with Gasteiger partial charge >= 0.3 is 0 Å². The average Bonchev–Trinajstić information content (AvgIpc) is 3.46. The first-order valence-corrected chi connectivity index (χ1v) is 15.6. The molecule has 0 bridgehead atoms. The Kier molecular flexibility index (Phi) is 7.77. The number of carbonyl (C=O) groups is 1. The van der Waals surface area contributed by atoms with Crippen LogP contribution in [-0.4, -0.2) is 32.1 Å². The first-order valence-electron chi connectivity index (χ1n) is 13.4. The van der Waals surface area contributed by atoms with Gasteiger partial charge in [-0.2, -0.15) is 10.1 Å². The molecule has 0 saturated carbocycles. The van der Waals surface area contributed by atoms with Crippen molar-refractivity contribution >= 4 is 65.5 Å². The van der Waals surface area contributed by atoms with Crippen molar-refractivity contribution in [3.8, 4) is 0 Å². The van der Waals surface area contributed by atoms with Gasteiger partial charge in [0.1, 0.15) is 17.7 Å². The number of thiazole rings is 1. The zero-order valence-electron chi connectivity index (χ0n) is 23.1. The molecule has 2 aromatic heterocycles. The summed E-state index contributed by atoms with van der Waals surface area (Å²) in [5.41, 5.74) is 1.23. The van der Waals surface area contributed by atoms with E-state index < -0.39 is 21.7 Å². The second-order valence-corrected chi connectivity index (χ2v) is 12.4. The van der Waals surface area contributed by atoms with Crippen molar-refractivity contribution in [2.75, 3.05) is 15.9 Å². The quantitative estimate of drug-likeness (QED) is 0.142. The van der Waals surface area contributed by atoms with Gasteiger partial charge in [-0.1, -0.05) is 41.7 Å². The molecule has 0 unspecified atom stereocenters. The van der Waals surface area contributed by atoms with Gasteiger partial charge in [0, 0.05) is 12.1 Å². The predicted octanol–water partition coefficient (Wildman–Crippen LogP) is 6.44. The number of hydrazone groups is 1. The molecule has 0 aliphatic carbocycles. The smallest absolute Gasteiger partial charge is 0.280 e. The maximum absolute atomic E-state index is 13.9. The van der Waals surface area contributed by atoms with Gasteiger partial charge < -0.3 is 4.42 Å². The lowest BCUT2D eigenvalue weighted by atomic mass is 10.2. The third-order valence-corrected chi connectivity index (χ3v) is 9.66. The largest absolute Gasteiger partial charge is 0.463 e. The molecule has 0 fully saturated rings. The van der Waals surface area contributed by atoms with Crippen molar-refractivity contribution in [2.45, 2.75) is 11.8 Å². The molecule has 0 aliphatic heterocycles. The Bertz CT molecular complexity index is 2200. The maximum atomic E-state index is 13.9. The van der Waals surface area contributed by atoms with Gasteiger partial charge in [-0.05, 0) is 73.7 Å². The predicted molar refractivity (Wildman–Crippen MR) is 170 cm³/mol. The molecule has 0 atom stereocenters. The number of amides is 1. The topological polar surface area (TPSA) is 113 Å². The SMILES string of the molecule is CCN(c1ccccc1)S(=O)(=O)c1ccc(C(=O)N(/N=C/c2coc3ccccc3c2=O)c2nc3ccc(F)cc3s2)cc1. The van der Waals surface area contributed by atoms with Gasteiger partial charge in [-0.15, -0.1) is 0 Å². The van der Waals surface area contributed by atoms with Crippen LogP contribution >= 0.6 is 11.3 Å². The minimum Gasteiger partial charge on any atom is -0.463 e. The summed E-state index contributed by atoms with van der Waals surface area (Å²) in [5, 5.41) is 5.76. The van der Waals surface area contributed by atoms with Gasteiger partial charge in [0.15, 0.2) is 0 Å². The second kappa shape index (κ2) is 11.8. The maximum Gasteiger partial charge on any atom is 0.280 e. The van der Waals surface area contributed by atoms with E-state index in [2.05, 4.69) is 10.1 Å². The van der Waals surface area contributed by atoms with Crippen LogP contribution < -0.4 is 14.7 Å². The molecule has 220 valence electrons. The molecule has 2 heterocycles. The van der Waals surface area contributed by atoms with Crippen LogP contribution in [0.5, 0.6) is 0 Å². The van der Waals surface area contributed by atoms with E-state index in [-0.39, 0.29) is 33.1 Å². The molecule has 6 aromatic rings. The summed E-state index contributed by atoms with van der Waals surface area (Å²) < 4.78 is 48.1. The van der Waals surface area contributed by atoms with Crippen LogP contribution in [0, 0.1) is 5.82 Å². The Morgan fingerprint density at radius 1 is 1.00 bits per heavy atom. The molecule has 4 aromatic carbocycles. The molecule has 6 rings (SSSR count). The number of nitrogens with zero attached hydrogens (tertiary/aromatic N) is 4. The number of halogens is 1. The standard InChI is InChI=1S/C32H23FN4O5S2/c1-2-36(24-8-4-3-5-9-24)44(40,41)25-15-12-21(13-16-25)31(39)37(32-35-27-17-14-23(33)18-29(27)43-32)34-19-22-20-42-28-11-7-6-10-26(28)30(22)38/h3-20H,2H2,1H3/b34-19+. The van der Waals surface area contributed by atoms with Crippen LogP contribution in [0.1, 0.15) is 22.8 Å². The number of anilines is 2. The summed E-state index contributed by atoms with van der Waals surface area (Å²) in [7, 11) is -3.92. The highest BCUT2D eigenvalue weighted by molar-refractivity contribution is 7.92. The fraction of sp³-hybridized carbons (Fsp3) is 0.0625. The van der Waals surface area contributed by atoms with E-state index in [9.17, 15) is 22.4 Å². The normalized spacial score (nSPS) is 11.8. The lowest BCUT2D eigenvalue weighted by Gasteiger charge is -2.23. The fourth-order valence-corrected chi connectivity index (χ4v) is 6.99. The molecule has 1 amide bonds. The second-order valence-electron chi connectivity index (χ2n) is 9.52. The Labute approximate surface area is 255 Å². The minimum absolute atomic E-state index is 0.000890. The number of aromatic nitrogens is 1. The highest BCUT2D eigenvalue weighted by Crippen LogP contribution is 2.31. The van der Waals surface area contributed by atoms with Crippen molar-refractivity contribution in [1.29, 1.82) is 0 Å². The molecule has 9 nitrogen and oxygen atoms in total. The number of sulfonamides is 1. The summed E-state index contributed by atoms with van der Waals surface area (Å²) in [4.78, 5) is 31.3. The number of para-hydroxylation sites is 2. The number of hydrogen-bond donors (Lipinski definition) is 0. The third-order valence-electron chi connectivity index (χ3n) is 6.75. The summed E-state index contributed by atoms with van der Waals surface area (Å²) in [6, 6.07) is 25.0. The van der Waals surface area contributed by atoms with Crippen molar-refractivity contribution in [3.63, 3.8) is 0 Å². The van der Waals surface area contributed by atoms with Crippen LogP contribution in [0.3, 0.4) is 0 Å². The van der Waals surface area contributed by atoms with Gasteiger partial charge in [0.25, 0.3) is 15.9 Å². The molecule has 0 spiro atoms. The first kappa shape index (κ1) is 28.9. The fourth-order valence-electron chi connectivity index (χ4n) is 4.57. The van der Waals surface area contributed by atoms with E-state index in [4.69, 9.17) is 4.42 Å². The molecule has 44 heavy (non-hydrogen) atoms. The van der Waals surface area contributed by atoms with Gasteiger partial charge in [-0.25, -0.2) is 17.8 Å². The van der Waals surface area contributed by atoms with Gasteiger partial charge in [0.2, 0.25) is 10.6 Å². The molecular formula is C32H23FN4O5S2. The lowest BCUT2D eigenvalue weighted by molar-refractivity contribution is 0.0987. The monoisotopic (exact) mass is 626 g/mol. The zero-order chi connectivity index (χ0) is 30.8. The van der Waals surface area contributed by atoms with Crippen molar-refractivity contribution in [2.24, 2.45) is 5.10 Å². The van der Waals surface area contributed by atoms with Crippen LogP contribution in [-0.2, 0) is 10.0 Å². The minimum atomic E-state index is -3.92. The van der Waals surface area contributed by atoms with E-state index in [1.54, 1.807) is 61.5 Å². The molecule has 0 N–H and O–H groups in total. The zero-order valence-corrected chi connectivity index (χ0v) is 24.8. The Morgan fingerprint density at radius 3 is 2.48 bits per heavy atom. The first-order chi connectivity index (χ1) is 21.3. The van der Waals surface area contributed by atoms with E-state index in [1.807, 2.05) is 0 Å². The van der Waals surface area contributed by atoms with Crippen molar-refractivity contribution < 1.29 is 22.0 Å². The van der Waals surface area contributed by atoms with Gasteiger partial charge in [0.05, 0.1) is 38.0 Å². The number of fused-ring (bicyclic) bond motifs is 2.